The van der Waals surface area contributed by atoms with Crippen molar-refractivity contribution in [3.05, 3.63) is 12.4 Å². The number of hydrogen-bond donors (Lipinski definition) is 3. The first-order valence-corrected chi connectivity index (χ1v) is 5.03. The third-order valence-electron chi connectivity index (χ3n) is 1.73. The molecule has 0 bridgehead atoms. The minimum atomic E-state index is -0.747. The Morgan fingerprint density at radius 3 is 2.40 bits per heavy atom. The zero-order chi connectivity index (χ0) is 11.3. The maximum absolute atomic E-state index is 9.53. The van der Waals surface area contributed by atoms with Crippen molar-refractivity contribution in [3.8, 4) is 0 Å². The molecule has 1 rings (SSSR count). The lowest BCUT2D eigenvalue weighted by atomic mass is 10.1. The zero-order valence-electron chi connectivity index (χ0n) is 9.41. The number of hydrogen-bond acceptors (Lipinski definition) is 5. The standard InChI is InChI=1S/C10H18N4O/c1-4-11-8-5-9(14-7-13-8)12-6-10(2,3)15/h5,7,15H,4,6H2,1-3H3,(H2,11,12,13,14). The molecule has 0 aromatic carbocycles. The summed E-state index contributed by atoms with van der Waals surface area (Å²) in [6.45, 7) is 6.77. The monoisotopic (exact) mass is 210 g/mol. The van der Waals surface area contributed by atoms with E-state index in [9.17, 15) is 5.11 Å². The third-order valence-corrected chi connectivity index (χ3v) is 1.73. The molecule has 0 aliphatic rings. The van der Waals surface area contributed by atoms with Crippen molar-refractivity contribution >= 4 is 11.6 Å². The van der Waals surface area contributed by atoms with E-state index in [0.717, 1.165) is 12.4 Å². The third kappa shape index (κ3) is 4.60. The smallest absolute Gasteiger partial charge is 0.131 e. The van der Waals surface area contributed by atoms with E-state index in [-0.39, 0.29) is 0 Å². The summed E-state index contributed by atoms with van der Waals surface area (Å²) in [5.74, 6) is 1.49. The van der Waals surface area contributed by atoms with E-state index in [1.165, 1.54) is 6.33 Å². The lowest BCUT2D eigenvalue weighted by Gasteiger charge is -2.18. The highest BCUT2D eigenvalue weighted by molar-refractivity contribution is 5.46. The molecule has 0 saturated heterocycles. The van der Waals surface area contributed by atoms with Crippen molar-refractivity contribution in [2.75, 3.05) is 23.7 Å². The van der Waals surface area contributed by atoms with E-state index < -0.39 is 5.60 Å². The molecule has 15 heavy (non-hydrogen) atoms. The molecule has 0 unspecified atom stereocenters. The highest BCUT2D eigenvalue weighted by Gasteiger charge is 2.11. The second kappa shape index (κ2) is 4.93. The maximum atomic E-state index is 9.53. The number of nitrogens with one attached hydrogen (secondary N) is 2. The van der Waals surface area contributed by atoms with Crippen LogP contribution in [0.1, 0.15) is 20.8 Å². The number of anilines is 2. The van der Waals surface area contributed by atoms with Gasteiger partial charge in [0.15, 0.2) is 0 Å². The van der Waals surface area contributed by atoms with Gasteiger partial charge < -0.3 is 15.7 Å². The summed E-state index contributed by atoms with van der Waals surface area (Å²) in [6.07, 6.45) is 1.49. The Balaban J connectivity index is 2.57. The van der Waals surface area contributed by atoms with Gasteiger partial charge >= 0.3 is 0 Å². The first kappa shape index (κ1) is 11.7. The summed E-state index contributed by atoms with van der Waals surface area (Å²) in [5, 5.41) is 15.7. The minimum absolute atomic E-state index is 0.454. The van der Waals surface area contributed by atoms with Crippen LogP contribution in [0.5, 0.6) is 0 Å². The Labute approximate surface area is 90.0 Å². The van der Waals surface area contributed by atoms with Crippen LogP contribution in [0.25, 0.3) is 0 Å². The molecule has 0 atom stereocenters. The summed E-state index contributed by atoms with van der Waals surface area (Å²) >= 11 is 0. The topological polar surface area (TPSA) is 70.1 Å². The van der Waals surface area contributed by atoms with Crippen LogP contribution in [0.4, 0.5) is 11.6 Å². The van der Waals surface area contributed by atoms with Crippen molar-refractivity contribution < 1.29 is 5.11 Å². The Morgan fingerprint density at radius 2 is 1.87 bits per heavy atom. The molecule has 5 heteroatoms. The number of rotatable bonds is 5. The quantitative estimate of drug-likeness (QED) is 0.678. The summed E-state index contributed by atoms with van der Waals surface area (Å²) in [4.78, 5) is 8.10. The average molecular weight is 210 g/mol. The second-order valence-electron chi connectivity index (χ2n) is 3.98. The summed E-state index contributed by atoms with van der Waals surface area (Å²) in [7, 11) is 0. The van der Waals surface area contributed by atoms with E-state index >= 15 is 0 Å². The van der Waals surface area contributed by atoms with Crippen LogP contribution in [-0.2, 0) is 0 Å². The molecule has 0 aliphatic heterocycles. The van der Waals surface area contributed by atoms with Crippen molar-refractivity contribution in [1.29, 1.82) is 0 Å². The van der Waals surface area contributed by atoms with Crippen molar-refractivity contribution in [2.45, 2.75) is 26.4 Å². The summed E-state index contributed by atoms with van der Waals surface area (Å²) in [6, 6.07) is 1.81. The van der Waals surface area contributed by atoms with Crippen LogP contribution in [0.15, 0.2) is 12.4 Å². The van der Waals surface area contributed by atoms with E-state index in [2.05, 4.69) is 20.6 Å². The molecule has 1 aromatic heterocycles. The van der Waals surface area contributed by atoms with Gasteiger partial charge in [-0.2, -0.15) is 0 Å². The molecule has 3 N–H and O–H groups in total. The molecule has 84 valence electrons. The number of aromatic nitrogens is 2. The van der Waals surface area contributed by atoms with E-state index in [0.29, 0.717) is 12.4 Å². The Kier molecular flexibility index (Phi) is 3.85. The van der Waals surface area contributed by atoms with Crippen molar-refractivity contribution in [2.24, 2.45) is 0 Å². The Morgan fingerprint density at radius 1 is 1.27 bits per heavy atom. The lowest BCUT2D eigenvalue weighted by Crippen LogP contribution is -2.29. The van der Waals surface area contributed by atoms with E-state index in [4.69, 9.17) is 0 Å². The molecule has 0 fully saturated rings. The number of aliphatic hydroxyl groups is 1. The fourth-order valence-electron chi connectivity index (χ4n) is 1.04. The summed E-state index contributed by atoms with van der Waals surface area (Å²) < 4.78 is 0. The van der Waals surface area contributed by atoms with Crippen LogP contribution in [0.3, 0.4) is 0 Å². The SMILES string of the molecule is CCNc1cc(NCC(C)(C)O)ncn1. The van der Waals surface area contributed by atoms with Gasteiger partial charge in [-0.15, -0.1) is 0 Å². The molecule has 0 aliphatic carbocycles. The molecule has 5 nitrogen and oxygen atoms in total. The zero-order valence-corrected chi connectivity index (χ0v) is 9.41. The fourth-order valence-corrected chi connectivity index (χ4v) is 1.04. The Bertz CT molecular complexity index is 309. The van der Waals surface area contributed by atoms with Crippen LogP contribution in [0.2, 0.25) is 0 Å². The largest absolute Gasteiger partial charge is 0.389 e. The van der Waals surface area contributed by atoms with Gasteiger partial charge in [-0.05, 0) is 20.8 Å². The molecular formula is C10H18N4O. The molecule has 0 spiro atoms. The minimum Gasteiger partial charge on any atom is -0.389 e. The lowest BCUT2D eigenvalue weighted by molar-refractivity contribution is 0.0944. The van der Waals surface area contributed by atoms with Gasteiger partial charge in [0.25, 0.3) is 0 Å². The van der Waals surface area contributed by atoms with Crippen LogP contribution < -0.4 is 10.6 Å². The highest BCUT2D eigenvalue weighted by Crippen LogP contribution is 2.09. The van der Waals surface area contributed by atoms with E-state index in [1.54, 1.807) is 13.8 Å². The second-order valence-corrected chi connectivity index (χ2v) is 3.98. The van der Waals surface area contributed by atoms with Gasteiger partial charge in [0.05, 0.1) is 5.60 Å². The maximum Gasteiger partial charge on any atom is 0.131 e. The highest BCUT2D eigenvalue weighted by atomic mass is 16.3. The molecule has 0 amide bonds. The van der Waals surface area contributed by atoms with Gasteiger partial charge in [0.2, 0.25) is 0 Å². The van der Waals surface area contributed by atoms with Crippen LogP contribution >= 0.6 is 0 Å². The van der Waals surface area contributed by atoms with Crippen molar-refractivity contribution in [3.63, 3.8) is 0 Å². The fraction of sp³-hybridized carbons (Fsp3) is 0.600. The molecule has 1 heterocycles. The first-order valence-electron chi connectivity index (χ1n) is 5.03. The number of nitrogens with zero attached hydrogens (tertiary/aromatic N) is 2. The summed E-state index contributed by atoms with van der Waals surface area (Å²) in [5.41, 5.74) is -0.747. The van der Waals surface area contributed by atoms with Gasteiger partial charge in [-0.1, -0.05) is 0 Å². The van der Waals surface area contributed by atoms with E-state index in [1.807, 2.05) is 13.0 Å². The molecule has 0 saturated carbocycles. The van der Waals surface area contributed by atoms with Crippen LogP contribution in [0, 0.1) is 0 Å². The van der Waals surface area contributed by atoms with Crippen molar-refractivity contribution in [1.82, 2.24) is 9.97 Å². The van der Waals surface area contributed by atoms with Gasteiger partial charge in [-0.25, -0.2) is 9.97 Å². The normalized spacial score (nSPS) is 11.2. The van der Waals surface area contributed by atoms with Gasteiger partial charge in [0.1, 0.15) is 18.0 Å². The molecule has 1 aromatic rings. The predicted molar refractivity (Wildman–Crippen MR) is 61.0 cm³/mol. The van der Waals surface area contributed by atoms with Gasteiger partial charge in [0, 0.05) is 19.2 Å². The molecule has 0 radical (unpaired) electrons. The predicted octanol–water partition coefficient (Wildman–Crippen LogP) is 1.09. The van der Waals surface area contributed by atoms with Crippen LogP contribution in [-0.4, -0.2) is 33.8 Å². The molecular weight excluding hydrogens is 192 g/mol. The van der Waals surface area contributed by atoms with Gasteiger partial charge in [-0.3, -0.25) is 0 Å². The Hall–Kier alpha value is -1.36. The average Bonchev–Trinajstić information content (AvgIpc) is 2.15. The first-order chi connectivity index (χ1) is 7.01.